The van der Waals surface area contributed by atoms with Crippen LogP contribution < -0.4 is 15.0 Å². The molecule has 6 heteroatoms. The summed E-state index contributed by atoms with van der Waals surface area (Å²) in [5.74, 6) is 1.03. The molecule has 0 spiro atoms. The highest BCUT2D eigenvalue weighted by Crippen LogP contribution is 2.28. The SMILES string of the molecule is COc1ccccc1N1CCN(C(=O)CCNc2ccc(C#N)cc2)CC1. The van der Waals surface area contributed by atoms with Gasteiger partial charge in [0.15, 0.2) is 0 Å². The molecule has 0 aliphatic carbocycles. The molecule has 1 amide bonds. The normalized spacial score (nSPS) is 13.8. The summed E-state index contributed by atoms with van der Waals surface area (Å²) >= 11 is 0. The second-order valence-electron chi connectivity index (χ2n) is 6.41. The number of amides is 1. The van der Waals surface area contributed by atoms with E-state index in [-0.39, 0.29) is 5.91 Å². The first-order valence-corrected chi connectivity index (χ1v) is 9.11. The number of benzene rings is 2. The van der Waals surface area contributed by atoms with E-state index >= 15 is 0 Å². The van der Waals surface area contributed by atoms with Crippen LogP contribution >= 0.6 is 0 Å². The van der Waals surface area contributed by atoms with E-state index < -0.39 is 0 Å². The van der Waals surface area contributed by atoms with Crippen LogP contribution in [-0.2, 0) is 4.79 Å². The molecule has 1 heterocycles. The summed E-state index contributed by atoms with van der Waals surface area (Å²) in [7, 11) is 1.68. The van der Waals surface area contributed by atoms with E-state index in [2.05, 4.69) is 22.4 Å². The van der Waals surface area contributed by atoms with Crippen LogP contribution in [0.2, 0.25) is 0 Å². The molecule has 0 radical (unpaired) electrons. The maximum absolute atomic E-state index is 12.5. The summed E-state index contributed by atoms with van der Waals surface area (Å²) in [6.45, 7) is 3.61. The molecule has 3 rings (SSSR count). The van der Waals surface area contributed by atoms with Crippen molar-refractivity contribution in [3.05, 3.63) is 54.1 Å². The zero-order chi connectivity index (χ0) is 19.1. The van der Waals surface area contributed by atoms with Crippen LogP contribution in [0.5, 0.6) is 5.75 Å². The van der Waals surface area contributed by atoms with Gasteiger partial charge in [0.2, 0.25) is 5.91 Å². The van der Waals surface area contributed by atoms with Crippen molar-refractivity contribution in [1.82, 2.24) is 4.90 Å². The largest absolute Gasteiger partial charge is 0.495 e. The van der Waals surface area contributed by atoms with Gasteiger partial charge in [-0.05, 0) is 36.4 Å². The summed E-state index contributed by atoms with van der Waals surface area (Å²) < 4.78 is 5.43. The lowest BCUT2D eigenvalue weighted by Gasteiger charge is -2.36. The molecule has 2 aromatic carbocycles. The second-order valence-corrected chi connectivity index (χ2v) is 6.41. The summed E-state index contributed by atoms with van der Waals surface area (Å²) in [5, 5.41) is 12.0. The van der Waals surface area contributed by atoms with E-state index in [1.54, 1.807) is 19.2 Å². The summed E-state index contributed by atoms with van der Waals surface area (Å²) in [5.41, 5.74) is 2.63. The maximum Gasteiger partial charge on any atom is 0.224 e. The lowest BCUT2D eigenvalue weighted by Crippen LogP contribution is -2.49. The van der Waals surface area contributed by atoms with E-state index in [0.29, 0.717) is 31.6 Å². The van der Waals surface area contributed by atoms with Gasteiger partial charge in [0, 0.05) is 44.8 Å². The number of rotatable bonds is 6. The zero-order valence-corrected chi connectivity index (χ0v) is 15.5. The minimum absolute atomic E-state index is 0.163. The van der Waals surface area contributed by atoms with Gasteiger partial charge in [0.25, 0.3) is 0 Å². The van der Waals surface area contributed by atoms with Crippen molar-refractivity contribution in [3.8, 4) is 11.8 Å². The van der Waals surface area contributed by atoms with Crippen molar-refractivity contribution in [2.45, 2.75) is 6.42 Å². The van der Waals surface area contributed by atoms with E-state index in [0.717, 1.165) is 30.2 Å². The number of hydrogen-bond donors (Lipinski definition) is 1. The topological polar surface area (TPSA) is 68.6 Å². The molecule has 1 fully saturated rings. The molecule has 1 N–H and O–H groups in total. The lowest BCUT2D eigenvalue weighted by molar-refractivity contribution is -0.131. The van der Waals surface area contributed by atoms with Crippen molar-refractivity contribution in [1.29, 1.82) is 5.26 Å². The van der Waals surface area contributed by atoms with E-state index in [4.69, 9.17) is 10.00 Å². The molecule has 140 valence electrons. The fourth-order valence-corrected chi connectivity index (χ4v) is 3.22. The highest BCUT2D eigenvalue weighted by Gasteiger charge is 2.22. The Morgan fingerprint density at radius 2 is 1.81 bits per heavy atom. The van der Waals surface area contributed by atoms with E-state index in [1.165, 1.54) is 0 Å². The molecule has 0 aromatic heterocycles. The molecule has 1 aliphatic heterocycles. The zero-order valence-electron chi connectivity index (χ0n) is 15.5. The summed E-state index contributed by atoms with van der Waals surface area (Å²) in [6.07, 6.45) is 0.453. The van der Waals surface area contributed by atoms with Crippen molar-refractivity contribution < 1.29 is 9.53 Å². The molecule has 0 bridgehead atoms. The van der Waals surface area contributed by atoms with Crippen LogP contribution in [0.1, 0.15) is 12.0 Å². The first-order valence-electron chi connectivity index (χ1n) is 9.11. The van der Waals surface area contributed by atoms with Gasteiger partial charge >= 0.3 is 0 Å². The van der Waals surface area contributed by atoms with E-state index in [1.807, 2.05) is 35.2 Å². The number of ether oxygens (including phenoxy) is 1. The fraction of sp³-hybridized carbons (Fsp3) is 0.333. The van der Waals surface area contributed by atoms with Crippen LogP contribution in [-0.4, -0.2) is 50.6 Å². The third-order valence-corrected chi connectivity index (χ3v) is 4.74. The van der Waals surface area contributed by atoms with Gasteiger partial charge in [-0.1, -0.05) is 12.1 Å². The number of anilines is 2. The lowest BCUT2D eigenvalue weighted by atomic mass is 10.2. The Labute approximate surface area is 160 Å². The smallest absolute Gasteiger partial charge is 0.224 e. The standard InChI is InChI=1S/C21H24N4O2/c1-27-20-5-3-2-4-19(20)24-12-14-25(15-13-24)21(26)10-11-23-18-8-6-17(16-22)7-9-18/h2-9,23H,10-15H2,1H3. The van der Waals surface area contributed by atoms with Crippen LogP contribution in [0.15, 0.2) is 48.5 Å². The average Bonchev–Trinajstić information content (AvgIpc) is 2.74. The molecule has 27 heavy (non-hydrogen) atoms. The fourth-order valence-electron chi connectivity index (χ4n) is 3.22. The molecule has 1 aliphatic rings. The number of carbonyl (C=O) groups excluding carboxylic acids is 1. The monoisotopic (exact) mass is 364 g/mol. The molecule has 0 unspecified atom stereocenters. The molecule has 1 saturated heterocycles. The van der Waals surface area contributed by atoms with Gasteiger partial charge in [0.05, 0.1) is 24.4 Å². The van der Waals surface area contributed by atoms with Gasteiger partial charge < -0.3 is 19.9 Å². The quantitative estimate of drug-likeness (QED) is 0.854. The number of piperazine rings is 1. The number of carbonyl (C=O) groups is 1. The Balaban J connectivity index is 1.45. The Bertz CT molecular complexity index is 806. The number of nitrogens with zero attached hydrogens (tertiary/aromatic N) is 3. The number of hydrogen-bond acceptors (Lipinski definition) is 5. The first-order chi connectivity index (χ1) is 13.2. The summed E-state index contributed by atoms with van der Waals surface area (Å²) in [4.78, 5) is 16.6. The third kappa shape index (κ3) is 4.70. The summed E-state index contributed by atoms with van der Waals surface area (Å²) in [6, 6.07) is 17.3. The van der Waals surface area contributed by atoms with Crippen LogP contribution in [0.3, 0.4) is 0 Å². The van der Waals surface area contributed by atoms with Gasteiger partial charge in [0.1, 0.15) is 5.75 Å². The first kappa shape index (κ1) is 18.6. The predicted molar refractivity (Wildman–Crippen MR) is 106 cm³/mol. The molecule has 2 aromatic rings. The van der Waals surface area contributed by atoms with Crippen molar-refractivity contribution in [3.63, 3.8) is 0 Å². The Morgan fingerprint density at radius 1 is 1.11 bits per heavy atom. The highest BCUT2D eigenvalue weighted by atomic mass is 16.5. The van der Waals surface area contributed by atoms with Crippen LogP contribution in [0.25, 0.3) is 0 Å². The number of methoxy groups -OCH3 is 1. The molecular formula is C21H24N4O2. The number of nitrogens with one attached hydrogen (secondary N) is 1. The number of nitriles is 1. The van der Waals surface area contributed by atoms with Crippen LogP contribution in [0, 0.1) is 11.3 Å². The van der Waals surface area contributed by atoms with Gasteiger partial charge in [-0.15, -0.1) is 0 Å². The molecule has 0 saturated carbocycles. The maximum atomic E-state index is 12.5. The van der Waals surface area contributed by atoms with Gasteiger partial charge in [-0.2, -0.15) is 5.26 Å². The van der Waals surface area contributed by atoms with Crippen molar-refractivity contribution in [2.75, 3.05) is 50.1 Å². The minimum atomic E-state index is 0.163. The van der Waals surface area contributed by atoms with E-state index in [9.17, 15) is 4.79 Å². The Hall–Kier alpha value is -3.20. The predicted octanol–water partition coefficient (Wildman–Crippen LogP) is 2.72. The molecule has 0 atom stereocenters. The van der Waals surface area contributed by atoms with Crippen molar-refractivity contribution >= 4 is 17.3 Å². The molecular weight excluding hydrogens is 340 g/mol. The molecule has 6 nitrogen and oxygen atoms in total. The number of para-hydroxylation sites is 2. The van der Waals surface area contributed by atoms with Gasteiger partial charge in [-0.3, -0.25) is 4.79 Å². The Morgan fingerprint density at radius 3 is 2.48 bits per heavy atom. The second kappa shape index (κ2) is 8.95. The highest BCUT2D eigenvalue weighted by molar-refractivity contribution is 5.77. The van der Waals surface area contributed by atoms with Crippen LogP contribution in [0.4, 0.5) is 11.4 Å². The van der Waals surface area contributed by atoms with Gasteiger partial charge in [-0.25, -0.2) is 0 Å². The van der Waals surface area contributed by atoms with Crippen molar-refractivity contribution in [2.24, 2.45) is 0 Å². The minimum Gasteiger partial charge on any atom is -0.495 e. The Kier molecular flexibility index (Phi) is 6.16. The third-order valence-electron chi connectivity index (χ3n) is 4.74. The average molecular weight is 364 g/mol.